The number of rotatable bonds is 2. The highest BCUT2D eigenvalue weighted by Gasteiger charge is 2.61. The van der Waals surface area contributed by atoms with Crippen LogP contribution >= 0.6 is 0 Å². The monoisotopic (exact) mass is 348 g/mol. The van der Waals surface area contributed by atoms with E-state index in [0.717, 1.165) is 38.5 Å². The minimum atomic E-state index is -0.612. The van der Waals surface area contributed by atoms with E-state index in [0.29, 0.717) is 17.8 Å². The van der Waals surface area contributed by atoms with Gasteiger partial charge in [0, 0.05) is 11.8 Å². The number of aliphatic hydroxyl groups excluding tert-OH is 3. The highest BCUT2D eigenvalue weighted by Crippen LogP contribution is 2.66. The molecule has 0 radical (unpaired) electrons. The first-order valence-electron chi connectivity index (χ1n) is 10.0. The van der Waals surface area contributed by atoms with E-state index in [1.807, 2.05) is 6.08 Å². The van der Waals surface area contributed by atoms with E-state index in [1.165, 1.54) is 5.57 Å². The molecule has 2 unspecified atom stereocenters. The Morgan fingerprint density at radius 2 is 1.96 bits per heavy atom. The van der Waals surface area contributed by atoms with Crippen LogP contribution in [0, 0.1) is 34.5 Å². The van der Waals surface area contributed by atoms with Crippen molar-refractivity contribution in [1.82, 2.24) is 0 Å². The van der Waals surface area contributed by atoms with E-state index < -0.39 is 12.2 Å². The molecule has 3 fully saturated rings. The molecule has 0 heterocycles. The molecule has 25 heavy (non-hydrogen) atoms. The van der Waals surface area contributed by atoms with Crippen molar-refractivity contribution in [2.24, 2.45) is 34.5 Å². The van der Waals surface area contributed by atoms with Gasteiger partial charge in [0.05, 0.1) is 18.8 Å². The fourth-order valence-corrected chi connectivity index (χ4v) is 7.41. The molecular weight excluding hydrogens is 316 g/mol. The second kappa shape index (κ2) is 5.90. The fourth-order valence-electron chi connectivity index (χ4n) is 7.41. The molecule has 0 bridgehead atoms. The van der Waals surface area contributed by atoms with E-state index in [4.69, 9.17) is 0 Å². The summed E-state index contributed by atoms with van der Waals surface area (Å²) in [5.74, 6) is 1.80. The summed E-state index contributed by atoms with van der Waals surface area (Å²) in [5, 5.41) is 30.6. The molecule has 140 valence electrons. The number of carbonyl (C=O) groups is 1. The minimum absolute atomic E-state index is 0.0751. The third-order valence-electron chi connectivity index (χ3n) is 8.79. The zero-order valence-electron chi connectivity index (χ0n) is 15.4. The van der Waals surface area contributed by atoms with Crippen molar-refractivity contribution in [3.05, 3.63) is 11.6 Å². The summed E-state index contributed by atoms with van der Waals surface area (Å²) in [5.41, 5.74) is 1.01. The SMILES string of the molecule is C[C@]12CC[C@H]3[C@@H](CCC4=CC(=O)CC(O)[C@@]43C)[C@@H]1CC[C@@H]2C(O)CO. The van der Waals surface area contributed by atoms with Crippen LogP contribution in [0.4, 0.5) is 0 Å². The quantitative estimate of drug-likeness (QED) is 0.716. The van der Waals surface area contributed by atoms with Crippen molar-refractivity contribution in [3.63, 3.8) is 0 Å². The Balaban J connectivity index is 1.66. The van der Waals surface area contributed by atoms with Crippen LogP contribution in [0.1, 0.15) is 58.8 Å². The van der Waals surface area contributed by atoms with Gasteiger partial charge in [-0.3, -0.25) is 4.79 Å². The fraction of sp³-hybridized carbons (Fsp3) is 0.857. The number of hydrogen-bond acceptors (Lipinski definition) is 4. The number of aliphatic hydroxyl groups is 3. The average Bonchev–Trinajstić information content (AvgIpc) is 2.93. The van der Waals surface area contributed by atoms with Gasteiger partial charge in [0.1, 0.15) is 0 Å². The Labute approximate surface area is 150 Å². The lowest BCUT2D eigenvalue weighted by atomic mass is 9.46. The Bertz CT molecular complexity index is 599. The summed E-state index contributed by atoms with van der Waals surface area (Å²) >= 11 is 0. The lowest BCUT2D eigenvalue weighted by Crippen LogP contribution is -2.55. The highest BCUT2D eigenvalue weighted by molar-refractivity contribution is 5.92. The number of fused-ring (bicyclic) bond motifs is 5. The van der Waals surface area contributed by atoms with Gasteiger partial charge >= 0.3 is 0 Å². The van der Waals surface area contributed by atoms with Crippen LogP contribution in [0.3, 0.4) is 0 Å². The molecule has 0 spiro atoms. The van der Waals surface area contributed by atoms with E-state index in [2.05, 4.69) is 13.8 Å². The predicted molar refractivity (Wildman–Crippen MR) is 94.7 cm³/mol. The summed E-state index contributed by atoms with van der Waals surface area (Å²) in [6, 6.07) is 0. The van der Waals surface area contributed by atoms with Gasteiger partial charge in [0.25, 0.3) is 0 Å². The van der Waals surface area contributed by atoms with Gasteiger partial charge in [-0.05, 0) is 73.7 Å². The average molecular weight is 348 g/mol. The first-order chi connectivity index (χ1) is 11.8. The van der Waals surface area contributed by atoms with E-state index in [9.17, 15) is 20.1 Å². The van der Waals surface area contributed by atoms with Crippen molar-refractivity contribution in [2.75, 3.05) is 6.61 Å². The van der Waals surface area contributed by atoms with E-state index >= 15 is 0 Å². The molecular formula is C21H32O4. The van der Waals surface area contributed by atoms with Crippen LogP contribution in [0.2, 0.25) is 0 Å². The van der Waals surface area contributed by atoms with Crippen LogP contribution < -0.4 is 0 Å². The van der Waals surface area contributed by atoms with Crippen LogP contribution in [0.5, 0.6) is 0 Å². The minimum Gasteiger partial charge on any atom is -0.394 e. The molecule has 4 nitrogen and oxygen atoms in total. The third-order valence-corrected chi connectivity index (χ3v) is 8.79. The molecule has 0 aliphatic heterocycles. The van der Waals surface area contributed by atoms with Crippen molar-refractivity contribution in [2.45, 2.75) is 71.0 Å². The first kappa shape index (κ1) is 17.7. The summed E-state index contributed by atoms with van der Waals surface area (Å²) in [6.07, 6.45) is 7.12. The Hall–Kier alpha value is -0.710. The van der Waals surface area contributed by atoms with Crippen LogP contribution in [0.25, 0.3) is 0 Å². The maximum atomic E-state index is 11.9. The van der Waals surface area contributed by atoms with Crippen LogP contribution in [0.15, 0.2) is 11.6 Å². The van der Waals surface area contributed by atoms with Gasteiger partial charge in [0.15, 0.2) is 5.78 Å². The lowest BCUT2D eigenvalue weighted by Gasteiger charge is -2.59. The predicted octanol–water partition coefficient (Wildman–Crippen LogP) is 2.46. The van der Waals surface area contributed by atoms with Gasteiger partial charge < -0.3 is 15.3 Å². The van der Waals surface area contributed by atoms with Gasteiger partial charge in [-0.15, -0.1) is 0 Å². The summed E-state index contributed by atoms with van der Waals surface area (Å²) < 4.78 is 0. The molecule has 0 aromatic heterocycles. The number of carbonyl (C=O) groups excluding carboxylic acids is 1. The zero-order valence-corrected chi connectivity index (χ0v) is 15.4. The molecule has 8 atom stereocenters. The van der Waals surface area contributed by atoms with Gasteiger partial charge in [-0.25, -0.2) is 0 Å². The molecule has 4 aliphatic rings. The van der Waals surface area contributed by atoms with Crippen LogP contribution in [-0.4, -0.2) is 39.9 Å². The second-order valence-corrected chi connectivity index (χ2v) is 9.53. The van der Waals surface area contributed by atoms with E-state index in [1.54, 1.807) is 0 Å². The molecule has 4 aliphatic carbocycles. The molecule has 4 rings (SSSR count). The molecule has 0 aromatic carbocycles. The van der Waals surface area contributed by atoms with Crippen LogP contribution in [-0.2, 0) is 4.79 Å². The normalized spacial score (nSPS) is 50.5. The van der Waals surface area contributed by atoms with E-state index in [-0.39, 0.29) is 35.6 Å². The molecule has 0 aromatic rings. The Kier molecular flexibility index (Phi) is 4.17. The topological polar surface area (TPSA) is 77.8 Å². The van der Waals surface area contributed by atoms with Gasteiger partial charge in [-0.1, -0.05) is 19.4 Å². The van der Waals surface area contributed by atoms with Gasteiger partial charge in [0.2, 0.25) is 0 Å². The van der Waals surface area contributed by atoms with Crippen molar-refractivity contribution in [3.8, 4) is 0 Å². The molecule has 3 saturated carbocycles. The Morgan fingerprint density at radius 1 is 1.20 bits per heavy atom. The first-order valence-corrected chi connectivity index (χ1v) is 10.0. The Morgan fingerprint density at radius 3 is 2.68 bits per heavy atom. The molecule has 0 amide bonds. The smallest absolute Gasteiger partial charge is 0.158 e. The maximum Gasteiger partial charge on any atom is 0.158 e. The van der Waals surface area contributed by atoms with Crippen molar-refractivity contribution >= 4 is 5.78 Å². The zero-order chi connectivity index (χ0) is 18.0. The molecule has 3 N–H and O–H groups in total. The third kappa shape index (κ3) is 2.33. The largest absolute Gasteiger partial charge is 0.394 e. The maximum absolute atomic E-state index is 11.9. The standard InChI is InChI=1S/C21H32O4/c1-20-8-7-16-14(15(20)5-6-17(20)18(24)11-22)4-3-12-9-13(23)10-19(25)21(12,16)2/h9,14-19,22,24-25H,3-8,10-11H2,1-2H3/t14-,15-,16-,17+,18?,19?,20-,21-/m0/s1. The number of hydrogen-bond donors (Lipinski definition) is 3. The van der Waals surface area contributed by atoms with Gasteiger partial charge in [-0.2, -0.15) is 0 Å². The molecule has 4 heteroatoms. The van der Waals surface area contributed by atoms with Crippen molar-refractivity contribution in [1.29, 1.82) is 0 Å². The summed E-state index contributed by atoms with van der Waals surface area (Å²) in [7, 11) is 0. The molecule has 0 saturated heterocycles. The highest BCUT2D eigenvalue weighted by atomic mass is 16.3. The second-order valence-electron chi connectivity index (χ2n) is 9.53. The summed E-state index contributed by atoms with van der Waals surface area (Å²) in [4.78, 5) is 11.9. The summed E-state index contributed by atoms with van der Waals surface area (Å²) in [6.45, 7) is 4.36. The lowest BCUT2D eigenvalue weighted by molar-refractivity contribution is -0.129. The van der Waals surface area contributed by atoms with Crippen molar-refractivity contribution < 1.29 is 20.1 Å². The number of ketones is 1.